The highest BCUT2D eigenvalue weighted by Crippen LogP contribution is 2.42. The van der Waals surface area contributed by atoms with Crippen molar-refractivity contribution < 1.29 is 18.7 Å². The molecule has 1 aromatic heterocycles. The summed E-state index contributed by atoms with van der Waals surface area (Å²) in [5, 5.41) is 0. The van der Waals surface area contributed by atoms with Gasteiger partial charge in [-0.2, -0.15) is 0 Å². The topological polar surface area (TPSA) is 56.5 Å². The van der Waals surface area contributed by atoms with Crippen LogP contribution in [0.25, 0.3) is 5.57 Å². The van der Waals surface area contributed by atoms with Gasteiger partial charge in [0, 0.05) is 12.3 Å². The summed E-state index contributed by atoms with van der Waals surface area (Å²) in [5.74, 6) is -0.571. The van der Waals surface area contributed by atoms with Gasteiger partial charge in [0.1, 0.15) is 5.76 Å². The molecule has 0 radical (unpaired) electrons. The maximum atomic E-state index is 12.6. The van der Waals surface area contributed by atoms with Crippen LogP contribution in [0.1, 0.15) is 30.6 Å². The van der Waals surface area contributed by atoms with Gasteiger partial charge in [0.05, 0.1) is 18.8 Å². The molecule has 1 aliphatic rings. The zero-order valence-corrected chi connectivity index (χ0v) is 12.9. The molecule has 0 spiro atoms. The molecule has 1 heterocycles. The highest BCUT2D eigenvalue weighted by Gasteiger charge is 2.40. The summed E-state index contributed by atoms with van der Waals surface area (Å²) in [6.45, 7) is 2.08. The number of allylic oxidation sites excluding steroid dienone is 1. The van der Waals surface area contributed by atoms with Gasteiger partial charge in [0.15, 0.2) is 5.78 Å². The van der Waals surface area contributed by atoms with Crippen LogP contribution < -0.4 is 0 Å². The van der Waals surface area contributed by atoms with Crippen LogP contribution in [0.3, 0.4) is 0 Å². The Morgan fingerprint density at radius 3 is 2.65 bits per heavy atom. The standard InChI is InChI=1S/C19H18O4/c1-2-22-19(21)18-15(13-7-4-3-5-8-13)11-14(20)12-16(18)17-9-6-10-23-17/h3-11,16,18H,2,12H2,1H3. The second-order valence-corrected chi connectivity index (χ2v) is 5.49. The number of rotatable bonds is 4. The Labute approximate surface area is 134 Å². The fourth-order valence-electron chi connectivity index (χ4n) is 3.06. The lowest BCUT2D eigenvalue weighted by Crippen LogP contribution is -2.30. The zero-order valence-electron chi connectivity index (χ0n) is 12.9. The smallest absolute Gasteiger partial charge is 0.314 e. The Morgan fingerprint density at radius 1 is 1.22 bits per heavy atom. The molecule has 2 atom stereocenters. The summed E-state index contributed by atoms with van der Waals surface area (Å²) in [6, 6.07) is 13.0. The quantitative estimate of drug-likeness (QED) is 0.810. The Morgan fingerprint density at radius 2 is 2.00 bits per heavy atom. The molecule has 4 nitrogen and oxygen atoms in total. The van der Waals surface area contributed by atoms with Crippen LogP contribution in [0.2, 0.25) is 0 Å². The van der Waals surface area contributed by atoms with E-state index in [9.17, 15) is 9.59 Å². The largest absolute Gasteiger partial charge is 0.469 e. The first kappa shape index (κ1) is 15.3. The van der Waals surface area contributed by atoms with Gasteiger partial charge < -0.3 is 9.15 Å². The van der Waals surface area contributed by atoms with E-state index in [2.05, 4.69) is 0 Å². The minimum Gasteiger partial charge on any atom is -0.469 e. The van der Waals surface area contributed by atoms with E-state index in [0.717, 1.165) is 5.56 Å². The monoisotopic (exact) mass is 310 g/mol. The number of furan rings is 1. The van der Waals surface area contributed by atoms with Crippen LogP contribution in [-0.4, -0.2) is 18.4 Å². The van der Waals surface area contributed by atoms with Crippen LogP contribution in [0.15, 0.2) is 59.2 Å². The van der Waals surface area contributed by atoms with E-state index in [4.69, 9.17) is 9.15 Å². The fourth-order valence-corrected chi connectivity index (χ4v) is 3.06. The van der Waals surface area contributed by atoms with E-state index in [-0.39, 0.29) is 24.1 Å². The van der Waals surface area contributed by atoms with Gasteiger partial charge in [-0.15, -0.1) is 0 Å². The summed E-state index contributed by atoms with van der Waals surface area (Å²) in [6.07, 6.45) is 3.37. The van der Waals surface area contributed by atoms with Crippen molar-refractivity contribution in [1.29, 1.82) is 0 Å². The van der Waals surface area contributed by atoms with Gasteiger partial charge in [-0.3, -0.25) is 9.59 Å². The van der Waals surface area contributed by atoms with Crippen molar-refractivity contribution in [2.24, 2.45) is 5.92 Å². The first-order valence-corrected chi connectivity index (χ1v) is 7.70. The van der Waals surface area contributed by atoms with Crippen molar-refractivity contribution in [3.63, 3.8) is 0 Å². The van der Waals surface area contributed by atoms with Crippen LogP contribution in [0.5, 0.6) is 0 Å². The molecule has 2 unspecified atom stereocenters. The Hall–Kier alpha value is -2.62. The third-order valence-corrected chi connectivity index (χ3v) is 4.03. The third-order valence-electron chi connectivity index (χ3n) is 4.03. The maximum absolute atomic E-state index is 12.6. The van der Waals surface area contributed by atoms with Gasteiger partial charge in [-0.25, -0.2) is 0 Å². The van der Waals surface area contributed by atoms with Crippen molar-refractivity contribution in [3.8, 4) is 0 Å². The van der Waals surface area contributed by atoms with E-state index >= 15 is 0 Å². The Bertz CT molecular complexity index is 713. The van der Waals surface area contributed by atoms with Crippen molar-refractivity contribution in [2.45, 2.75) is 19.3 Å². The molecular weight excluding hydrogens is 292 g/mol. The number of carbonyl (C=O) groups excluding carboxylic acids is 2. The summed E-state index contributed by atoms with van der Waals surface area (Å²) in [7, 11) is 0. The zero-order chi connectivity index (χ0) is 16.2. The molecule has 23 heavy (non-hydrogen) atoms. The predicted molar refractivity (Wildman–Crippen MR) is 85.6 cm³/mol. The lowest BCUT2D eigenvalue weighted by atomic mass is 9.74. The summed E-state index contributed by atoms with van der Waals surface area (Å²) >= 11 is 0. The van der Waals surface area contributed by atoms with Crippen molar-refractivity contribution >= 4 is 17.3 Å². The van der Waals surface area contributed by atoms with E-state index in [1.54, 1.807) is 31.4 Å². The third kappa shape index (κ3) is 3.11. The number of ketones is 1. The second-order valence-electron chi connectivity index (χ2n) is 5.49. The molecule has 0 bridgehead atoms. The average Bonchev–Trinajstić information content (AvgIpc) is 3.09. The number of ether oxygens (including phenoxy) is 1. The van der Waals surface area contributed by atoms with Gasteiger partial charge >= 0.3 is 5.97 Å². The Balaban J connectivity index is 2.07. The molecule has 0 aliphatic heterocycles. The molecule has 3 rings (SSSR count). The van der Waals surface area contributed by atoms with Crippen molar-refractivity contribution in [1.82, 2.24) is 0 Å². The number of carbonyl (C=O) groups is 2. The molecule has 1 aromatic carbocycles. The molecule has 4 heteroatoms. The number of hydrogen-bond donors (Lipinski definition) is 0. The van der Waals surface area contributed by atoms with Crippen LogP contribution in [-0.2, 0) is 14.3 Å². The molecule has 0 N–H and O–H groups in total. The molecule has 2 aromatic rings. The molecular formula is C19H18O4. The minimum atomic E-state index is -0.541. The highest BCUT2D eigenvalue weighted by atomic mass is 16.5. The molecule has 0 fully saturated rings. The molecule has 1 aliphatic carbocycles. The van der Waals surface area contributed by atoms with Gasteiger partial charge in [-0.05, 0) is 36.3 Å². The van der Waals surface area contributed by atoms with Gasteiger partial charge in [-0.1, -0.05) is 30.3 Å². The summed E-state index contributed by atoms with van der Waals surface area (Å²) in [5.41, 5.74) is 1.55. The lowest BCUT2D eigenvalue weighted by molar-refractivity contribution is -0.147. The van der Waals surface area contributed by atoms with Crippen molar-refractivity contribution in [3.05, 3.63) is 66.1 Å². The normalized spacial score (nSPS) is 20.9. The van der Waals surface area contributed by atoms with Crippen LogP contribution >= 0.6 is 0 Å². The first-order valence-electron chi connectivity index (χ1n) is 7.70. The van der Waals surface area contributed by atoms with Crippen LogP contribution in [0.4, 0.5) is 0 Å². The lowest BCUT2D eigenvalue weighted by Gasteiger charge is -2.29. The SMILES string of the molecule is CCOC(=O)C1C(c2ccccc2)=CC(=O)CC1c1ccco1. The molecule has 118 valence electrons. The molecule has 0 saturated heterocycles. The van der Waals surface area contributed by atoms with E-state index in [1.165, 1.54) is 0 Å². The number of benzene rings is 1. The van der Waals surface area contributed by atoms with Crippen LogP contribution in [0, 0.1) is 5.92 Å². The molecule has 0 saturated carbocycles. The van der Waals surface area contributed by atoms with E-state index in [0.29, 0.717) is 17.9 Å². The van der Waals surface area contributed by atoms with E-state index in [1.807, 2.05) is 30.3 Å². The number of hydrogen-bond acceptors (Lipinski definition) is 4. The highest BCUT2D eigenvalue weighted by molar-refractivity contribution is 6.04. The average molecular weight is 310 g/mol. The minimum absolute atomic E-state index is 0.00852. The summed E-state index contributed by atoms with van der Waals surface area (Å²) in [4.78, 5) is 24.8. The van der Waals surface area contributed by atoms with Gasteiger partial charge in [0.2, 0.25) is 0 Å². The van der Waals surface area contributed by atoms with Gasteiger partial charge in [0.25, 0.3) is 0 Å². The maximum Gasteiger partial charge on any atom is 0.314 e. The number of esters is 1. The second kappa shape index (κ2) is 6.65. The molecule has 0 amide bonds. The predicted octanol–water partition coefficient (Wildman–Crippen LogP) is 3.60. The van der Waals surface area contributed by atoms with Crippen molar-refractivity contribution in [2.75, 3.05) is 6.61 Å². The fraction of sp³-hybridized carbons (Fsp3) is 0.263. The van der Waals surface area contributed by atoms with E-state index < -0.39 is 5.92 Å². The summed E-state index contributed by atoms with van der Waals surface area (Å²) < 4.78 is 10.7. The first-order chi connectivity index (χ1) is 11.2. The Kier molecular flexibility index (Phi) is 4.42.